The van der Waals surface area contributed by atoms with Gasteiger partial charge in [0.15, 0.2) is 0 Å². The van der Waals surface area contributed by atoms with Gasteiger partial charge in [-0.2, -0.15) is 13.2 Å². The summed E-state index contributed by atoms with van der Waals surface area (Å²) in [5, 5.41) is 0. The number of hydrogen-bond donors (Lipinski definition) is 1. The van der Waals surface area contributed by atoms with Gasteiger partial charge in [-0.25, -0.2) is 4.98 Å². The molecule has 0 aliphatic carbocycles. The van der Waals surface area contributed by atoms with Gasteiger partial charge in [-0.1, -0.05) is 13.3 Å². The molecule has 0 saturated carbocycles. The molecule has 3 nitrogen and oxygen atoms in total. The average molecular weight is 289 g/mol. The average Bonchev–Trinajstić information content (AvgIpc) is 2.34. The maximum atomic E-state index is 12.7. The number of anilines is 1. The molecule has 6 heteroatoms. The summed E-state index contributed by atoms with van der Waals surface area (Å²) in [4.78, 5) is 5.61. The Kier molecular flexibility index (Phi) is 5.80. The minimum Gasteiger partial charge on any atom is -0.345 e. The second kappa shape index (κ2) is 6.92. The number of nitrogens with zero attached hydrogens (tertiary/aromatic N) is 2. The van der Waals surface area contributed by atoms with E-state index < -0.39 is 12.7 Å². The third-order valence-corrected chi connectivity index (χ3v) is 2.93. The highest BCUT2D eigenvalue weighted by Crippen LogP contribution is 2.24. The predicted octanol–water partition coefficient (Wildman–Crippen LogP) is 3.27. The topological polar surface area (TPSA) is 42.1 Å². The maximum absolute atomic E-state index is 12.7. The number of hydrogen-bond acceptors (Lipinski definition) is 3. The van der Waals surface area contributed by atoms with Crippen molar-refractivity contribution in [2.45, 2.75) is 52.4 Å². The molecule has 2 N–H and O–H groups in total. The van der Waals surface area contributed by atoms with Crippen LogP contribution in [0.15, 0.2) is 12.1 Å². The van der Waals surface area contributed by atoms with Crippen LogP contribution in [-0.2, 0) is 13.0 Å². The van der Waals surface area contributed by atoms with E-state index in [2.05, 4.69) is 4.98 Å². The molecule has 0 atom stereocenters. The number of aromatic nitrogens is 1. The molecule has 0 bridgehead atoms. The smallest absolute Gasteiger partial charge is 0.345 e. The van der Waals surface area contributed by atoms with Crippen LogP contribution in [0.3, 0.4) is 0 Å². The van der Waals surface area contributed by atoms with Gasteiger partial charge in [-0.3, -0.25) is 0 Å². The zero-order chi connectivity index (χ0) is 15.3. The molecular weight excluding hydrogens is 267 g/mol. The Bertz CT molecular complexity index is 430. The second-order valence-corrected chi connectivity index (χ2v) is 5.12. The molecule has 0 aliphatic heterocycles. The highest BCUT2D eigenvalue weighted by molar-refractivity contribution is 5.44. The van der Waals surface area contributed by atoms with E-state index in [1.54, 1.807) is 19.9 Å². The molecule has 0 amide bonds. The normalized spacial score (nSPS) is 12.0. The number of rotatable bonds is 6. The van der Waals surface area contributed by atoms with E-state index in [1.807, 2.05) is 13.0 Å². The molecule has 114 valence electrons. The molecule has 0 spiro atoms. The van der Waals surface area contributed by atoms with Crippen molar-refractivity contribution in [3.63, 3.8) is 0 Å². The molecule has 1 aromatic rings. The van der Waals surface area contributed by atoms with Crippen molar-refractivity contribution in [2.75, 3.05) is 11.4 Å². The van der Waals surface area contributed by atoms with Crippen molar-refractivity contribution in [1.82, 2.24) is 4.98 Å². The molecule has 20 heavy (non-hydrogen) atoms. The van der Waals surface area contributed by atoms with E-state index in [9.17, 15) is 13.2 Å². The monoisotopic (exact) mass is 289 g/mol. The van der Waals surface area contributed by atoms with Gasteiger partial charge in [-0.05, 0) is 38.0 Å². The summed E-state index contributed by atoms with van der Waals surface area (Å²) < 4.78 is 38.1. The fourth-order valence-corrected chi connectivity index (χ4v) is 2.00. The lowest BCUT2D eigenvalue weighted by molar-refractivity contribution is -0.120. The van der Waals surface area contributed by atoms with Gasteiger partial charge in [0, 0.05) is 18.3 Å². The standard InChI is InChI=1S/C14H22F3N3/c1-4-5-12-6-11(8-18)7-13(19-12)20(10(2)3)9-14(15,16)17/h6-7,10H,4-5,8-9,18H2,1-3H3. The molecule has 0 aliphatic rings. The first-order valence-electron chi connectivity index (χ1n) is 6.80. The van der Waals surface area contributed by atoms with Crippen molar-refractivity contribution in [3.8, 4) is 0 Å². The minimum atomic E-state index is -4.25. The second-order valence-electron chi connectivity index (χ2n) is 5.12. The SMILES string of the molecule is CCCc1cc(CN)cc(N(CC(F)(F)F)C(C)C)n1. The summed E-state index contributed by atoms with van der Waals surface area (Å²) in [5.74, 6) is 0.351. The highest BCUT2D eigenvalue weighted by atomic mass is 19.4. The van der Waals surface area contributed by atoms with E-state index in [0.717, 1.165) is 24.1 Å². The van der Waals surface area contributed by atoms with Crippen LogP contribution < -0.4 is 10.6 Å². The van der Waals surface area contributed by atoms with Crippen molar-refractivity contribution in [1.29, 1.82) is 0 Å². The zero-order valence-electron chi connectivity index (χ0n) is 12.2. The minimum absolute atomic E-state index is 0.286. The largest absolute Gasteiger partial charge is 0.405 e. The molecule has 1 heterocycles. The first kappa shape index (κ1) is 16.8. The molecular formula is C14H22F3N3. The number of nitrogens with two attached hydrogens (primary N) is 1. The first-order valence-corrected chi connectivity index (χ1v) is 6.80. The Balaban J connectivity index is 3.14. The van der Waals surface area contributed by atoms with Crippen molar-refractivity contribution in [3.05, 3.63) is 23.4 Å². The number of alkyl halides is 3. The number of aryl methyl sites for hydroxylation is 1. The molecule has 1 rings (SSSR count). The van der Waals surface area contributed by atoms with Crippen LogP contribution in [0.5, 0.6) is 0 Å². The van der Waals surface area contributed by atoms with Crippen molar-refractivity contribution >= 4 is 5.82 Å². The van der Waals surface area contributed by atoms with Gasteiger partial charge in [0.25, 0.3) is 0 Å². The van der Waals surface area contributed by atoms with Crippen LogP contribution in [0.25, 0.3) is 0 Å². The molecule has 0 fully saturated rings. The summed E-state index contributed by atoms with van der Waals surface area (Å²) in [6.07, 6.45) is -2.63. The fourth-order valence-electron chi connectivity index (χ4n) is 2.00. The molecule has 1 aromatic heterocycles. The van der Waals surface area contributed by atoms with Gasteiger partial charge in [0.1, 0.15) is 12.4 Å². The van der Waals surface area contributed by atoms with E-state index >= 15 is 0 Å². The van der Waals surface area contributed by atoms with Crippen LogP contribution >= 0.6 is 0 Å². The molecule has 0 unspecified atom stereocenters. The van der Waals surface area contributed by atoms with Gasteiger partial charge in [-0.15, -0.1) is 0 Å². The summed E-state index contributed by atoms with van der Waals surface area (Å²) in [7, 11) is 0. The Morgan fingerprint density at radius 2 is 1.95 bits per heavy atom. The molecule has 0 saturated heterocycles. The van der Waals surface area contributed by atoms with E-state index in [1.165, 1.54) is 4.90 Å². The van der Waals surface area contributed by atoms with E-state index in [4.69, 9.17) is 5.73 Å². The quantitative estimate of drug-likeness (QED) is 0.874. The summed E-state index contributed by atoms with van der Waals surface area (Å²) in [6.45, 7) is 4.75. The van der Waals surface area contributed by atoms with Crippen molar-refractivity contribution < 1.29 is 13.2 Å². The summed E-state index contributed by atoms with van der Waals surface area (Å²) in [5.41, 5.74) is 7.22. The van der Waals surface area contributed by atoms with Gasteiger partial charge in [0.05, 0.1) is 0 Å². The van der Waals surface area contributed by atoms with Gasteiger partial charge >= 0.3 is 6.18 Å². The maximum Gasteiger partial charge on any atom is 0.405 e. The summed E-state index contributed by atoms with van der Waals surface area (Å²) in [6, 6.07) is 3.22. The van der Waals surface area contributed by atoms with Crippen molar-refractivity contribution in [2.24, 2.45) is 5.73 Å². The lowest BCUT2D eigenvalue weighted by Crippen LogP contribution is -2.39. The van der Waals surface area contributed by atoms with Gasteiger partial charge < -0.3 is 10.6 Å². The third-order valence-electron chi connectivity index (χ3n) is 2.93. The fraction of sp³-hybridized carbons (Fsp3) is 0.643. The lowest BCUT2D eigenvalue weighted by atomic mass is 10.1. The lowest BCUT2D eigenvalue weighted by Gasteiger charge is -2.29. The highest BCUT2D eigenvalue weighted by Gasteiger charge is 2.32. The number of pyridine rings is 1. The Morgan fingerprint density at radius 3 is 2.40 bits per heavy atom. The van der Waals surface area contributed by atoms with E-state index in [0.29, 0.717) is 12.4 Å². The third kappa shape index (κ3) is 5.00. The zero-order valence-corrected chi connectivity index (χ0v) is 12.2. The van der Waals surface area contributed by atoms with Gasteiger partial charge in [0.2, 0.25) is 0 Å². The van der Waals surface area contributed by atoms with Crippen LogP contribution in [0.1, 0.15) is 38.4 Å². The summed E-state index contributed by atoms with van der Waals surface area (Å²) >= 11 is 0. The first-order chi connectivity index (χ1) is 9.26. The molecule has 0 aromatic carbocycles. The van der Waals surface area contributed by atoms with E-state index in [-0.39, 0.29) is 6.04 Å². The van der Waals surface area contributed by atoms with Crippen LogP contribution in [0, 0.1) is 0 Å². The van der Waals surface area contributed by atoms with Crippen LogP contribution in [0.4, 0.5) is 19.0 Å². The Labute approximate surface area is 118 Å². The Morgan fingerprint density at radius 1 is 1.30 bits per heavy atom. The predicted molar refractivity (Wildman–Crippen MR) is 74.7 cm³/mol. The Hall–Kier alpha value is -1.30. The van der Waals surface area contributed by atoms with Crippen LogP contribution in [0.2, 0.25) is 0 Å². The molecule has 0 radical (unpaired) electrons. The number of halogens is 3. The van der Waals surface area contributed by atoms with Crippen LogP contribution in [-0.4, -0.2) is 23.7 Å².